The molecule has 2 amide bonds. The molecule has 2 unspecified atom stereocenters. The van der Waals surface area contributed by atoms with Crippen molar-refractivity contribution in [1.82, 2.24) is 15.3 Å². The number of rotatable bonds is 5. The highest BCUT2D eigenvalue weighted by Crippen LogP contribution is 2.43. The van der Waals surface area contributed by atoms with Crippen LogP contribution in [0.1, 0.15) is 51.4 Å². The number of pyridine rings is 1. The Morgan fingerprint density at radius 1 is 1.15 bits per heavy atom. The summed E-state index contributed by atoms with van der Waals surface area (Å²) >= 11 is 0. The number of fused-ring (bicyclic) bond motifs is 3. The Labute approximate surface area is 159 Å². The molecule has 27 heavy (non-hydrogen) atoms. The van der Waals surface area contributed by atoms with E-state index >= 15 is 0 Å². The Morgan fingerprint density at radius 2 is 1.96 bits per heavy atom. The van der Waals surface area contributed by atoms with Gasteiger partial charge < -0.3 is 15.6 Å². The van der Waals surface area contributed by atoms with Crippen LogP contribution in [0.2, 0.25) is 0 Å². The molecule has 2 heterocycles. The van der Waals surface area contributed by atoms with E-state index in [4.69, 9.17) is 0 Å². The number of nitrogens with one attached hydrogen (secondary N) is 3. The molecule has 0 radical (unpaired) electrons. The van der Waals surface area contributed by atoms with Crippen LogP contribution in [-0.2, 0) is 9.59 Å². The second-order valence-corrected chi connectivity index (χ2v) is 8.19. The zero-order valence-corrected chi connectivity index (χ0v) is 15.7. The van der Waals surface area contributed by atoms with Crippen LogP contribution in [-0.4, -0.2) is 28.3 Å². The third kappa shape index (κ3) is 4.31. The Kier molecular flexibility index (Phi) is 5.41. The summed E-state index contributed by atoms with van der Waals surface area (Å²) in [6.45, 7) is 0.560. The van der Waals surface area contributed by atoms with Gasteiger partial charge in [-0.15, -0.1) is 0 Å². The molecule has 0 saturated heterocycles. The number of hydrogen-bond donors (Lipinski definition) is 3. The fourth-order valence-electron chi connectivity index (χ4n) is 5.01. The maximum atomic E-state index is 12.1. The van der Waals surface area contributed by atoms with E-state index < -0.39 is 11.8 Å². The van der Waals surface area contributed by atoms with Crippen LogP contribution in [0.5, 0.6) is 0 Å². The van der Waals surface area contributed by atoms with E-state index in [1.54, 1.807) is 12.4 Å². The molecule has 2 aromatic heterocycles. The third-order valence-electron chi connectivity index (χ3n) is 6.19. The lowest BCUT2D eigenvalue weighted by atomic mass is 9.67. The predicted octanol–water partition coefficient (Wildman–Crippen LogP) is 3.61. The second kappa shape index (κ2) is 8.11. The van der Waals surface area contributed by atoms with Gasteiger partial charge in [-0.05, 0) is 62.0 Å². The van der Waals surface area contributed by atoms with Gasteiger partial charge >= 0.3 is 11.8 Å². The molecule has 2 saturated carbocycles. The lowest BCUT2D eigenvalue weighted by molar-refractivity contribution is -0.136. The molecule has 6 nitrogen and oxygen atoms in total. The average molecular weight is 368 g/mol. The molecule has 2 aliphatic rings. The van der Waals surface area contributed by atoms with Gasteiger partial charge in [0.05, 0.1) is 11.2 Å². The van der Waals surface area contributed by atoms with E-state index in [1.165, 1.54) is 38.5 Å². The van der Waals surface area contributed by atoms with Gasteiger partial charge in [0.15, 0.2) is 0 Å². The van der Waals surface area contributed by atoms with E-state index in [0.717, 1.165) is 36.1 Å². The van der Waals surface area contributed by atoms with E-state index in [9.17, 15) is 9.59 Å². The largest absolute Gasteiger partial charge is 0.358 e. The normalized spacial score (nSPS) is 24.5. The number of H-pyrrole nitrogens is 1. The van der Waals surface area contributed by atoms with Crippen molar-refractivity contribution >= 4 is 28.5 Å². The first-order chi connectivity index (χ1) is 13.2. The molecule has 2 bridgehead atoms. The standard InChI is InChI=1S/C21H28N4O2/c26-20(21(27)25-18-13-24-17-7-3-8-22-19(17)18)23-9-2-6-16-11-14-4-1-5-15(10-14)12-16/h3,7-8,13-16,24H,1-2,4-6,9-12H2,(H,23,26)(H,25,27). The molecular formula is C21H28N4O2. The molecule has 0 aliphatic heterocycles. The average Bonchev–Trinajstić information content (AvgIpc) is 3.08. The number of aromatic amines is 1. The maximum Gasteiger partial charge on any atom is 0.313 e. The molecule has 6 heteroatoms. The minimum Gasteiger partial charge on any atom is -0.358 e. The predicted molar refractivity (Wildman–Crippen MR) is 105 cm³/mol. The lowest BCUT2D eigenvalue weighted by Gasteiger charge is -2.39. The van der Waals surface area contributed by atoms with Crippen molar-refractivity contribution in [2.75, 3.05) is 11.9 Å². The molecule has 0 aromatic carbocycles. The summed E-state index contributed by atoms with van der Waals surface area (Å²) in [6.07, 6.45) is 13.8. The highest BCUT2D eigenvalue weighted by Gasteiger charge is 2.31. The van der Waals surface area contributed by atoms with Crippen LogP contribution in [0.25, 0.3) is 11.0 Å². The van der Waals surface area contributed by atoms with Crippen LogP contribution in [0.4, 0.5) is 5.69 Å². The van der Waals surface area contributed by atoms with Gasteiger partial charge in [-0.1, -0.05) is 19.3 Å². The highest BCUT2D eigenvalue weighted by atomic mass is 16.2. The van der Waals surface area contributed by atoms with Crippen molar-refractivity contribution in [2.45, 2.75) is 51.4 Å². The zero-order valence-electron chi connectivity index (χ0n) is 15.7. The van der Waals surface area contributed by atoms with Crippen molar-refractivity contribution in [3.05, 3.63) is 24.5 Å². The van der Waals surface area contributed by atoms with Crippen molar-refractivity contribution in [3.63, 3.8) is 0 Å². The minimum absolute atomic E-state index is 0.527. The van der Waals surface area contributed by atoms with Gasteiger partial charge in [0.2, 0.25) is 0 Å². The number of amides is 2. The number of carbonyl (C=O) groups is 2. The van der Waals surface area contributed by atoms with Crippen LogP contribution >= 0.6 is 0 Å². The molecule has 2 aliphatic carbocycles. The van der Waals surface area contributed by atoms with E-state index in [0.29, 0.717) is 17.7 Å². The molecule has 2 atom stereocenters. The molecule has 0 spiro atoms. The lowest BCUT2D eigenvalue weighted by Crippen LogP contribution is -2.36. The van der Waals surface area contributed by atoms with Crippen molar-refractivity contribution < 1.29 is 9.59 Å². The van der Waals surface area contributed by atoms with Gasteiger partial charge in [0.1, 0.15) is 5.52 Å². The van der Waals surface area contributed by atoms with E-state index in [2.05, 4.69) is 20.6 Å². The van der Waals surface area contributed by atoms with Gasteiger partial charge in [0.25, 0.3) is 0 Å². The Balaban J connectivity index is 1.19. The van der Waals surface area contributed by atoms with Crippen molar-refractivity contribution in [1.29, 1.82) is 0 Å². The highest BCUT2D eigenvalue weighted by molar-refractivity contribution is 6.40. The van der Waals surface area contributed by atoms with Crippen LogP contribution in [0, 0.1) is 17.8 Å². The van der Waals surface area contributed by atoms with E-state index in [1.807, 2.05) is 12.1 Å². The molecular weight excluding hydrogens is 340 g/mol. The minimum atomic E-state index is -0.645. The fraction of sp³-hybridized carbons (Fsp3) is 0.571. The maximum absolute atomic E-state index is 12.1. The second-order valence-electron chi connectivity index (χ2n) is 8.19. The quantitative estimate of drug-likeness (QED) is 0.556. The fourth-order valence-corrected chi connectivity index (χ4v) is 5.01. The Bertz CT molecular complexity index is 803. The summed E-state index contributed by atoms with van der Waals surface area (Å²) in [7, 11) is 0. The van der Waals surface area contributed by atoms with Crippen LogP contribution in [0.15, 0.2) is 24.5 Å². The van der Waals surface area contributed by atoms with Gasteiger partial charge in [-0.25, -0.2) is 0 Å². The van der Waals surface area contributed by atoms with Gasteiger partial charge in [0, 0.05) is 18.9 Å². The first-order valence-corrected chi connectivity index (χ1v) is 10.2. The monoisotopic (exact) mass is 368 g/mol. The summed E-state index contributed by atoms with van der Waals surface area (Å²) in [5, 5.41) is 5.39. The van der Waals surface area contributed by atoms with Crippen LogP contribution < -0.4 is 10.6 Å². The smallest absolute Gasteiger partial charge is 0.313 e. The first kappa shape index (κ1) is 18.0. The van der Waals surface area contributed by atoms with Gasteiger partial charge in [-0.3, -0.25) is 14.6 Å². The van der Waals surface area contributed by atoms with E-state index in [-0.39, 0.29) is 0 Å². The van der Waals surface area contributed by atoms with Crippen molar-refractivity contribution in [3.8, 4) is 0 Å². The first-order valence-electron chi connectivity index (χ1n) is 10.2. The van der Waals surface area contributed by atoms with Crippen LogP contribution in [0.3, 0.4) is 0 Å². The Hall–Kier alpha value is -2.37. The zero-order chi connectivity index (χ0) is 18.6. The number of carbonyl (C=O) groups excluding carboxylic acids is 2. The molecule has 144 valence electrons. The summed E-state index contributed by atoms with van der Waals surface area (Å²) in [5.74, 6) is 1.45. The van der Waals surface area contributed by atoms with Gasteiger partial charge in [-0.2, -0.15) is 0 Å². The molecule has 4 rings (SSSR count). The number of nitrogens with zero attached hydrogens (tertiary/aromatic N) is 1. The molecule has 2 aromatic rings. The third-order valence-corrected chi connectivity index (χ3v) is 6.19. The summed E-state index contributed by atoms with van der Waals surface area (Å²) in [6, 6.07) is 3.69. The molecule has 3 N–H and O–H groups in total. The summed E-state index contributed by atoms with van der Waals surface area (Å²) < 4.78 is 0. The summed E-state index contributed by atoms with van der Waals surface area (Å²) in [5.41, 5.74) is 2.01. The Morgan fingerprint density at radius 3 is 2.78 bits per heavy atom. The number of hydrogen-bond acceptors (Lipinski definition) is 3. The van der Waals surface area contributed by atoms with Crippen molar-refractivity contribution in [2.24, 2.45) is 17.8 Å². The number of aromatic nitrogens is 2. The SMILES string of the molecule is O=C(NCCCC1CC2CCCC(C1)C2)C(=O)Nc1c[nH]c2cccnc12. The topological polar surface area (TPSA) is 86.9 Å². The number of anilines is 1. The molecule has 2 fully saturated rings. The summed E-state index contributed by atoms with van der Waals surface area (Å²) in [4.78, 5) is 31.4.